The Hall–Kier alpha value is -0.460. The second-order valence-electron chi connectivity index (χ2n) is 5.28. The van der Waals surface area contributed by atoms with Gasteiger partial charge in [-0.3, -0.25) is 19.6 Å². The molecule has 0 unspecified atom stereocenters. The highest BCUT2D eigenvalue weighted by Crippen LogP contribution is 2.45. The highest BCUT2D eigenvalue weighted by molar-refractivity contribution is 7.10. The lowest BCUT2D eigenvalue weighted by Gasteiger charge is -2.66. The summed E-state index contributed by atoms with van der Waals surface area (Å²) in [7, 11) is 0. The molecule has 92 valence electrons. The first-order valence-corrected chi connectivity index (χ1v) is 7.19. The summed E-state index contributed by atoms with van der Waals surface area (Å²) in [5, 5.41) is 2.21. The minimum Gasteiger partial charge on any atom is -0.264 e. The van der Waals surface area contributed by atoms with Crippen molar-refractivity contribution in [2.75, 3.05) is 33.3 Å². The average molecular weight is 250 g/mol. The molecule has 0 spiro atoms. The first kappa shape index (κ1) is 10.5. The fourth-order valence-corrected chi connectivity index (χ4v) is 4.77. The molecule has 0 aliphatic carbocycles. The van der Waals surface area contributed by atoms with Crippen LogP contribution in [-0.2, 0) is 5.66 Å². The van der Waals surface area contributed by atoms with Crippen LogP contribution in [0.1, 0.15) is 18.2 Å². The zero-order valence-corrected chi connectivity index (χ0v) is 11.0. The number of nitrogens with zero attached hydrogens (tertiary/aromatic N) is 4. The third-order valence-electron chi connectivity index (χ3n) is 4.34. The molecule has 0 amide bonds. The van der Waals surface area contributed by atoms with Gasteiger partial charge in [-0.05, 0) is 17.9 Å². The Morgan fingerprint density at radius 2 is 1.76 bits per heavy atom. The molecule has 0 N–H and O–H groups in total. The van der Waals surface area contributed by atoms with Gasteiger partial charge >= 0.3 is 0 Å². The van der Waals surface area contributed by atoms with Crippen LogP contribution < -0.4 is 0 Å². The Morgan fingerprint density at radius 3 is 2.24 bits per heavy atom. The summed E-state index contributed by atoms with van der Waals surface area (Å²) in [5.41, 5.74) is 0.168. The molecule has 0 radical (unpaired) electrons. The minimum atomic E-state index is 0.168. The summed E-state index contributed by atoms with van der Waals surface area (Å²) in [6, 6.07) is 4.49. The summed E-state index contributed by atoms with van der Waals surface area (Å²) in [5.74, 6) is 0. The molecule has 4 nitrogen and oxygen atoms in total. The zero-order valence-electron chi connectivity index (χ0n) is 10.2. The molecule has 17 heavy (non-hydrogen) atoms. The van der Waals surface area contributed by atoms with E-state index in [1.165, 1.54) is 11.3 Å². The van der Waals surface area contributed by atoms with E-state index in [0.29, 0.717) is 0 Å². The van der Waals surface area contributed by atoms with Crippen molar-refractivity contribution in [3.63, 3.8) is 0 Å². The molecule has 1 aromatic heterocycles. The smallest absolute Gasteiger partial charge is 0.113 e. The van der Waals surface area contributed by atoms with E-state index in [1.807, 2.05) is 11.3 Å². The first-order valence-electron chi connectivity index (χ1n) is 6.32. The second-order valence-corrected chi connectivity index (χ2v) is 6.22. The molecule has 5 rings (SSSR count). The van der Waals surface area contributed by atoms with Gasteiger partial charge < -0.3 is 0 Å². The number of hydrogen-bond donors (Lipinski definition) is 0. The van der Waals surface area contributed by atoms with E-state index in [2.05, 4.69) is 44.0 Å². The number of hydrogen-bond acceptors (Lipinski definition) is 5. The molecule has 4 aliphatic heterocycles. The lowest BCUT2D eigenvalue weighted by atomic mass is 9.97. The van der Waals surface area contributed by atoms with Crippen molar-refractivity contribution in [1.82, 2.24) is 19.6 Å². The van der Waals surface area contributed by atoms with Gasteiger partial charge in [-0.25, -0.2) is 0 Å². The molecule has 0 aromatic carbocycles. The Labute approximate surface area is 106 Å². The van der Waals surface area contributed by atoms with Crippen LogP contribution in [0.3, 0.4) is 0 Å². The van der Waals surface area contributed by atoms with E-state index in [1.54, 1.807) is 0 Å². The predicted octanol–water partition coefficient (Wildman–Crippen LogP) is 1.35. The fraction of sp³-hybridized carbons (Fsp3) is 0.667. The van der Waals surface area contributed by atoms with Crippen LogP contribution in [0.5, 0.6) is 0 Å². The monoisotopic (exact) mass is 250 g/mol. The third-order valence-corrected chi connectivity index (χ3v) is 5.35. The zero-order chi connectivity index (χ0) is 11.5. The highest BCUT2D eigenvalue weighted by atomic mass is 32.1. The van der Waals surface area contributed by atoms with Crippen LogP contribution >= 0.6 is 11.3 Å². The Balaban J connectivity index is 1.81. The van der Waals surface area contributed by atoms with Crippen molar-refractivity contribution < 1.29 is 0 Å². The van der Waals surface area contributed by atoms with E-state index >= 15 is 0 Å². The summed E-state index contributed by atoms with van der Waals surface area (Å²) in [4.78, 5) is 11.8. The van der Waals surface area contributed by atoms with Crippen molar-refractivity contribution in [3.05, 3.63) is 22.4 Å². The van der Waals surface area contributed by atoms with Gasteiger partial charge in [0.1, 0.15) is 5.66 Å². The molecule has 4 aliphatic rings. The van der Waals surface area contributed by atoms with Crippen molar-refractivity contribution in [1.29, 1.82) is 0 Å². The van der Waals surface area contributed by atoms with Gasteiger partial charge in [0.2, 0.25) is 0 Å². The number of thiophene rings is 1. The van der Waals surface area contributed by atoms with Crippen LogP contribution in [-0.4, -0.2) is 52.9 Å². The van der Waals surface area contributed by atoms with Gasteiger partial charge in [0, 0.05) is 4.88 Å². The maximum Gasteiger partial charge on any atom is 0.113 e. The topological polar surface area (TPSA) is 13.0 Å². The largest absolute Gasteiger partial charge is 0.264 e. The molecule has 5 heterocycles. The van der Waals surface area contributed by atoms with Crippen LogP contribution in [0.4, 0.5) is 0 Å². The van der Waals surface area contributed by atoms with E-state index < -0.39 is 0 Å². The molecular weight excluding hydrogens is 232 g/mol. The first-order chi connectivity index (χ1) is 8.33. The maximum atomic E-state index is 2.63. The van der Waals surface area contributed by atoms with Gasteiger partial charge in [0.05, 0.1) is 33.3 Å². The summed E-state index contributed by atoms with van der Waals surface area (Å²) >= 11 is 1.91. The Bertz CT molecular complexity index is 388. The molecular formula is C12H18N4S. The van der Waals surface area contributed by atoms with Crippen molar-refractivity contribution in [3.8, 4) is 0 Å². The molecule has 4 saturated heterocycles. The van der Waals surface area contributed by atoms with Gasteiger partial charge in [-0.15, -0.1) is 11.3 Å². The highest BCUT2D eigenvalue weighted by Gasteiger charge is 2.54. The van der Waals surface area contributed by atoms with Crippen LogP contribution in [0.2, 0.25) is 0 Å². The van der Waals surface area contributed by atoms with Crippen molar-refractivity contribution >= 4 is 11.3 Å². The van der Waals surface area contributed by atoms with E-state index in [4.69, 9.17) is 0 Å². The maximum absolute atomic E-state index is 2.63. The summed E-state index contributed by atoms with van der Waals surface area (Å²) in [6.07, 6.45) is 1.18. The SMILES string of the molecule is CCC1(c2cccs2)N2CN3CN(C2)CN1C3. The standard InChI is InChI=1S/C12H18N4S/c1-2-12(11-4-3-5-17-11)15-7-13-6-14(9-15)10-16(12)8-13/h3-5H,2,6-10H2,1H3. The van der Waals surface area contributed by atoms with E-state index in [9.17, 15) is 0 Å². The van der Waals surface area contributed by atoms with Crippen LogP contribution in [0.25, 0.3) is 0 Å². The average Bonchev–Trinajstić information content (AvgIpc) is 2.83. The van der Waals surface area contributed by atoms with Gasteiger partial charge in [0.15, 0.2) is 0 Å². The minimum absolute atomic E-state index is 0.168. The molecule has 5 heteroatoms. The van der Waals surface area contributed by atoms with Crippen molar-refractivity contribution in [2.24, 2.45) is 0 Å². The molecule has 0 atom stereocenters. The Kier molecular flexibility index (Phi) is 2.17. The van der Waals surface area contributed by atoms with Crippen LogP contribution in [0.15, 0.2) is 17.5 Å². The van der Waals surface area contributed by atoms with Crippen molar-refractivity contribution in [2.45, 2.75) is 19.0 Å². The van der Waals surface area contributed by atoms with Gasteiger partial charge in [-0.2, -0.15) is 0 Å². The molecule has 4 fully saturated rings. The lowest BCUT2D eigenvalue weighted by Crippen LogP contribution is -2.79. The van der Waals surface area contributed by atoms with Gasteiger partial charge in [-0.1, -0.05) is 13.0 Å². The predicted molar refractivity (Wildman–Crippen MR) is 68.0 cm³/mol. The Morgan fingerprint density at radius 1 is 1.12 bits per heavy atom. The fourth-order valence-electron chi connectivity index (χ4n) is 3.71. The molecule has 0 saturated carbocycles. The molecule has 4 bridgehead atoms. The number of rotatable bonds is 2. The normalized spacial score (nSPS) is 47.6. The second kappa shape index (κ2) is 3.52. The van der Waals surface area contributed by atoms with Crippen LogP contribution in [0, 0.1) is 0 Å². The summed E-state index contributed by atoms with van der Waals surface area (Å²) < 4.78 is 0. The van der Waals surface area contributed by atoms with Gasteiger partial charge in [0.25, 0.3) is 0 Å². The quantitative estimate of drug-likeness (QED) is 0.785. The summed E-state index contributed by atoms with van der Waals surface area (Å²) in [6.45, 7) is 7.97. The third kappa shape index (κ3) is 1.26. The van der Waals surface area contributed by atoms with E-state index in [-0.39, 0.29) is 5.66 Å². The molecule has 1 aromatic rings. The lowest BCUT2D eigenvalue weighted by molar-refractivity contribution is -0.282. The van der Waals surface area contributed by atoms with E-state index in [0.717, 1.165) is 33.3 Å².